The second-order valence-electron chi connectivity index (χ2n) is 3.26. The van der Waals surface area contributed by atoms with Gasteiger partial charge in [-0.25, -0.2) is 4.79 Å². The summed E-state index contributed by atoms with van der Waals surface area (Å²) < 4.78 is 13.5. The third-order valence-corrected chi connectivity index (χ3v) is 2.69. The van der Waals surface area contributed by atoms with Gasteiger partial charge in [-0.15, -0.1) is 0 Å². The van der Waals surface area contributed by atoms with E-state index in [0.29, 0.717) is 11.6 Å². The normalized spacial score (nSPS) is 12.2. The lowest BCUT2D eigenvalue weighted by molar-refractivity contribution is 0.0603. The van der Waals surface area contributed by atoms with E-state index in [1.54, 1.807) is 7.11 Å². The molecule has 0 aromatic carbocycles. The van der Waals surface area contributed by atoms with E-state index < -0.39 is 5.97 Å². The molecule has 3 N–H and O–H groups in total. The zero-order chi connectivity index (χ0) is 12.1. The van der Waals surface area contributed by atoms with Crippen LogP contribution in [-0.4, -0.2) is 37.2 Å². The Bertz CT molecular complexity index is 367. The standard InChI is InChI=1S/C9H15N3O3S/c1-5(4-14-2)11-8-6(9(13)15-3)7(10)12-16-8/h5,11H,4H2,1-3H3,(H2,10,12). The van der Waals surface area contributed by atoms with Crippen molar-refractivity contribution in [2.45, 2.75) is 13.0 Å². The summed E-state index contributed by atoms with van der Waals surface area (Å²) in [5.74, 6) is -0.303. The van der Waals surface area contributed by atoms with Gasteiger partial charge in [0.2, 0.25) is 0 Å². The third kappa shape index (κ3) is 2.83. The van der Waals surface area contributed by atoms with Crippen LogP contribution in [0.5, 0.6) is 0 Å². The number of hydrogen-bond donors (Lipinski definition) is 2. The number of rotatable bonds is 5. The summed E-state index contributed by atoms with van der Waals surface area (Å²) in [5.41, 5.74) is 5.88. The van der Waals surface area contributed by atoms with Crippen molar-refractivity contribution < 1.29 is 14.3 Å². The second kappa shape index (κ2) is 5.66. The zero-order valence-corrected chi connectivity index (χ0v) is 10.3. The maximum Gasteiger partial charge on any atom is 0.344 e. The van der Waals surface area contributed by atoms with Crippen molar-refractivity contribution in [2.24, 2.45) is 0 Å². The molecule has 0 spiro atoms. The number of nitrogens with two attached hydrogens (primary N) is 1. The number of ether oxygens (including phenoxy) is 2. The van der Waals surface area contributed by atoms with Gasteiger partial charge >= 0.3 is 5.97 Å². The average Bonchev–Trinajstić information content (AvgIpc) is 2.59. The Morgan fingerprint density at radius 2 is 2.31 bits per heavy atom. The molecule has 0 radical (unpaired) electrons. The topological polar surface area (TPSA) is 86.5 Å². The van der Waals surface area contributed by atoms with Crippen LogP contribution >= 0.6 is 11.5 Å². The lowest BCUT2D eigenvalue weighted by Gasteiger charge is -2.12. The molecule has 0 aliphatic rings. The fourth-order valence-electron chi connectivity index (χ4n) is 1.22. The Balaban J connectivity index is 2.84. The number of carbonyl (C=O) groups is 1. The minimum Gasteiger partial charge on any atom is -0.465 e. The fourth-order valence-corrected chi connectivity index (χ4v) is 2.03. The molecule has 1 heterocycles. The molecule has 90 valence electrons. The Labute approximate surface area is 97.9 Å². The largest absolute Gasteiger partial charge is 0.465 e. The fraction of sp³-hybridized carbons (Fsp3) is 0.556. The Hall–Kier alpha value is -1.34. The molecule has 0 saturated heterocycles. The molecule has 1 aromatic rings. The van der Waals surface area contributed by atoms with Crippen molar-refractivity contribution >= 4 is 28.3 Å². The zero-order valence-electron chi connectivity index (χ0n) is 9.44. The molecule has 0 aliphatic heterocycles. The highest BCUT2D eigenvalue weighted by Crippen LogP contribution is 2.27. The van der Waals surface area contributed by atoms with E-state index in [9.17, 15) is 4.79 Å². The minimum atomic E-state index is -0.488. The summed E-state index contributed by atoms with van der Waals surface area (Å²) in [6.45, 7) is 2.46. The molecule has 0 aliphatic carbocycles. The highest BCUT2D eigenvalue weighted by Gasteiger charge is 2.20. The number of nitrogen functional groups attached to an aromatic ring is 1. The van der Waals surface area contributed by atoms with Crippen LogP contribution in [0.2, 0.25) is 0 Å². The summed E-state index contributed by atoms with van der Waals surface area (Å²) in [4.78, 5) is 11.4. The second-order valence-corrected chi connectivity index (χ2v) is 4.04. The van der Waals surface area contributed by atoms with E-state index in [4.69, 9.17) is 10.5 Å². The molecule has 1 aromatic heterocycles. The summed E-state index contributed by atoms with van der Waals surface area (Å²) in [6.07, 6.45) is 0. The van der Waals surface area contributed by atoms with Crippen LogP contribution in [0, 0.1) is 0 Å². The summed E-state index contributed by atoms with van der Waals surface area (Å²) >= 11 is 1.13. The van der Waals surface area contributed by atoms with Gasteiger partial charge in [-0.2, -0.15) is 4.37 Å². The number of methoxy groups -OCH3 is 2. The first-order chi connectivity index (χ1) is 7.60. The molecular formula is C9H15N3O3S. The van der Waals surface area contributed by atoms with E-state index >= 15 is 0 Å². The van der Waals surface area contributed by atoms with Gasteiger partial charge in [-0.3, -0.25) is 0 Å². The van der Waals surface area contributed by atoms with Gasteiger partial charge in [0, 0.05) is 13.2 Å². The molecule has 1 unspecified atom stereocenters. The van der Waals surface area contributed by atoms with Crippen LogP contribution < -0.4 is 11.1 Å². The van der Waals surface area contributed by atoms with Crippen LogP contribution in [0.25, 0.3) is 0 Å². The quantitative estimate of drug-likeness (QED) is 0.751. The highest BCUT2D eigenvalue weighted by atomic mass is 32.1. The molecule has 0 fully saturated rings. The number of nitrogens with zero attached hydrogens (tertiary/aromatic N) is 1. The van der Waals surface area contributed by atoms with E-state index in [1.807, 2.05) is 6.92 Å². The molecule has 16 heavy (non-hydrogen) atoms. The summed E-state index contributed by atoms with van der Waals surface area (Å²) in [5, 5.41) is 3.70. The van der Waals surface area contributed by atoms with Crippen molar-refractivity contribution in [3.05, 3.63) is 5.56 Å². The molecule has 6 nitrogen and oxygen atoms in total. The SMILES string of the molecule is COCC(C)Nc1snc(N)c1C(=O)OC. The van der Waals surface area contributed by atoms with Crippen molar-refractivity contribution in [1.29, 1.82) is 0 Å². The van der Waals surface area contributed by atoms with Crippen LogP contribution in [0.15, 0.2) is 0 Å². The number of aromatic nitrogens is 1. The number of anilines is 2. The van der Waals surface area contributed by atoms with E-state index in [-0.39, 0.29) is 17.4 Å². The average molecular weight is 245 g/mol. The van der Waals surface area contributed by atoms with Gasteiger partial charge < -0.3 is 20.5 Å². The van der Waals surface area contributed by atoms with Crippen molar-refractivity contribution in [3.63, 3.8) is 0 Å². The Morgan fingerprint density at radius 3 is 2.88 bits per heavy atom. The van der Waals surface area contributed by atoms with Gasteiger partial charge in [0.05, 0.1) is 13.7 Å². The predicted molar refractivity (Wildman–Crippen MR) is 62.8 cm³/mol. The number of carbonyl (C=O) groups excluding carboxylic acids is 1. The van der Waals surface area contributed by atoms with Crippen LogP contribution in [0.3, 0.4) is 0 Å². The van der Waals surface area contributed by atoms with Crippen molar-refractivity contribution in [3.8, 4) is 0 Å². The van der Waals surface area contributed by atoms with Gasteiger partial charge in [0.1, 0.15) is 10.6 Å². The smallest absolute Gasteiger partial charge is 0.344 e. The molecule has 0 amide bonds. The van der Waals surface area contributed by atoms with E-state index in [0.717, 1.165) is 11.5 Å². The number of nitrogens with one attached hydrogen (secondary N) is 1. The highest BCUT2D eigenvalue weighted by molar-refractivity contribution is 7.11. The molecule has 1 atom stereocenters. The van der Waals surface area contributed by atoms with Crippen LogP contribution in [0.1, 0.15) is 17.3 Å². The lowest BCUT2D eigenvalue weighted by atomic mass is 10.3. The van der Waals surface area contributed by atoms with Crippen LogP contribution in [-0.2, 0) is 9.47 Å². The Morgan fingerprint density at radius 1 is 1.62 bits per heavy atom. The first-order valence-electron chi connectivity index (χ1n) is 4.69. The van der Waals surface area contributed by atoms with E-state index in [1.165, 1.54) is 7.11 Å². The first-order valence-corrected chi connectivity index (χ1v) is 5.46. The van der Waals surface area contributed by atoms with Gasteiger partial charge in [0.25, 0.3) is 0 Å². The maximum absolute atomic E-state index is 11.4. The van der Waals surface area contributed by atoms with Gasteiger partial charge in [-0.1, -0.05) is 0 Å². The number of esters is 1. The third-order valence-electron chi connectivity index (χ3n) is 1.90. The van der Waals surface area contributed by atoms with Gasteiger partial charge in [0.15, 0.2) is 5.82 Å². The molecule has 0 saturated carbocycles. The number of hydrogen-bond acceptors (Lipinski definition) is 7. The maximum atomic E-state index is 11.4. The van der Waals surface area contributed by atoms with Gasteiger partial charge in [-0.05, 0) is 18.5 Å². The molecule has 1 rings (SSSR count). The summed E-state index contributed by atoms with van der Waals surface area (Å²) in [7, 11) is 2.92. The van der Waals surface area contributed by atoms with Crippen molar-refractivity contribution in [2.75, 3.05) is 31.9 Å². The van der Waals surface area contributed by atoms with Crippen molar-refractivity contribution in [1.82, 2.24) is 4.37 Å². The first kappa shape index (κ1) is 12.7. The minimum absolute atomic E-state index is 0.0632. The molecule has 7 heteroatoms. The van der Waals surface area contributed by atoms with E-state index in [2.05, 4.69) is 14.4 Å². The molecule has 0 bridgehead atoms. The Kier molecular flexibility index (Phi) is 4.51. The molecular weight excluding hydrogens is 230 g/mol. The predicted octanol–water partition coefficient (Wildman–Crippen LogP) is 0.959. The lowest BCUT2D eigenvalue weighted by Crippen LogP contribution is -2.21. The monoisotopic (exact) mass is 245 g/mol. The van der Waals surface area contributed by atoms with Crippen LogP contribution in [0.4, 0.5) is 10.8 Å². The summed E-state index contributed by atoms with van der Waals surface area (Å²) in [6, 6.07) is 0.0632.